The smallest absolute Gasteiger partial charge is 0.262 e. The van der Waals surface area contributed by atoms with Gasteiger partial charge in [-0.15, -0.1) is 0 Å². The number of hydrogen-bond acceptors (Lipinski definition) is 4. The monoisotopic (exact) mass is 399 g/mol. The average Bonchev–Trinajstić information content (AvgIpc) is 2.91. The molecule has 3 rings (SSSR count). The van der Waals surface area contributed by atoms with Crippen molar-refractivity contribution >= 4 is 15.7 Å². The van der Waals surface area contributed by atoms with Crippen LogP contribution in [0, 0.1) is 20.8 Å². The van der Waals surface area contributed by atoms with Gasteiger partial charge < -0.3 is 4.74 Å². The fourth-order valence-electron chi connectivity index (χ4n) is 3.02. The zero-order valence-electron chi connectivity index (χ0n) is 16.6. The Bertz CT molecular complexity index is 1070. The van der Waals surface area contributed by atoms with Gasteiger partial charge in [-0.05, 0) is 63.1 Å². The van der Waals surface area contributed by atoms with Gasteiger partial charge in [-0.1, -0.05) is 24.3 Å². The standard InChI is InChI=1S/C21H25N3O3S/c1-5-27-19-10-12-20(13-11-19)28(25,26)23-21-16(3)22-24(17(21)4)14-18-9-7-6-8-15(18)2/h6-13,23H,5,14H2,1-4H3. The van der Waals surface area contributed by atoms with Crippen LogP contribution in [0.15, 0.2) is 53.4 Å². The summed E-state index contributed by atoms with van der Waals surface area (Å²) >= 11 is 0. The first kappa shape index (κ1) is 19.9. The minimum Gasteiger partial charge on any atom is -0.494 e. The molecule has 0 aliphatic rings. The summed E-state index contributed by atoms with van der Waals surface area (Å²) in [4.78, 5) is 0.182. The number of aryl methyl sites for hydroxylation is 2. The zero-order valence-corrected chi connectivity index (χ0v) is 17.4. The maximum absolute atomic E-state index is 12.8. The first-order valence-electron chi connectivity index (χ1n) is 9.16. The van der Waals surface area contributed by atoms with Crippen molar-refractivity contribution in [1.29, 1.82) is 0 Å². The Balaban J connectivity index is 1.86. The van der Waals surface area contributed by atoms with E-state index in [4.69, 9.17) is 4.74 Å². The molecule has 0 bridgehead atoms. The second-order valence-electron chi connectivity index (χ2n) is 6.64. The minimum atomic E-state index is -3.72. The fourth-order valence-corrected chi connectivity index (χ4v) is 4.20. The Morgan fingerprint density at radius 1 is 1.04 bits per heavy atom. The van der Waals surface area contributed by atoms with E-state index in [2.05, 4.69) is 28.9 Å². The third-order valence-corrected chi connectivity index (χ3v) is 6.01. The zero-order chi connectivity index (χ0) is 20.3. The van der Waals surface area contributed by atoms with Gasteiger partial charge in [0.15, 0.2) is 0 Å². The van der Waals surface area contributed by atoms with E-state index in [0.29, 0.717) is 30.3 Å². The highest BCUT2D eigenvalue weighted by Crippen LogP contribution is 2.25. The number of anilines is 1. The molecule has 0 amide bonds. The molecule has 0 aliphatic heterocycles. The molecule has 0 fully saturated rings. The van der Waals surface area contributed by atoms with Crippen molar-refractivity contribution in [3.05, 3.63) is 71.0 Å². The van der Waals surface area contributed by atoms with Crippen LogP contribution in [0.5, 0.6) is 5.75 Å². The van der Waals surface area contributed by atoms with E-state index in [9.17, 15) is 8.42 Å². The molecule has 2 aromatic carbocycles. The van der Waals surface area contributed by atoms with E-state index in [1.165, 1.54) is 17.7 Å². The Morgan fingerprint density at radius 2 is 1.71 bits per heavy atom. The molecular weight excluding hydrogens is 374 g/mol. The molecule has 0 radical (unpaired) electrons. The number of nitrogens with zero attached hydrogens (tertiary/aromatic N) is 2. The van der Waals surface area contributed by atoms with Gasteiger partial charge >= 0.3 is 0 Å². The Morgan fingerprint density at radius 3 is 2.36 bits per heavy atom. The van der Waals surface area contributed by atoms with Crippen molar-refractivity contribution in [1.82, 2.24) is 9.78 Å². The molecule has 3 aromatic rings. The van der Waals surface area contributed by atoms with Crippen LogP contribution in [0.2, 0.25) is 0 Å². The first-order valence-corrected chi connectivity index (χ1v) is 10.6. The van der Waals surface area contributed by atoms with Crippen molar-refractivity contribution < 1.29 is 13.2 Å². The second kappa shape index (κ2) is 8.06. The number of ether oxygens (including phenoxy) is 1. The SMILES string of the molecule is CCOc1ccc(S(=O)(=O)Nc2c(C)nn(Cc3ccccc3C)c2C)cc1. The number of rotatable bonds is 7. The third-order valence-electron chi connectivity index (χ3n) is 4.64. The van der Waals surface area contributed by atoms with Crippen LogP contribution in [0.25, 0.3) is 0 Å². The quantitative estimate of drug-likeness (QED) is 0.650. The molecule has 0 aliphatic carbocycles. The summed E-state index contributed by atoms with van der Waals surface area (Å²) < 4.78 is 35.5. The molecule has 148 valence electrons. The van der Waals surface area contributed by atoms with Gasteiger partial charge in [0.1, 0.15) is 5.75 Å². The number of hydrogen-bond donors (Lipinski definition) is 1. The van der Waals surface area contributed by atoms with Crippen molar-refractivity contribution in [3.63, 3.8) is 0 Å². The van der Waals surface area contributed by atoms with Crippen LogP contribution < -0.4 is 9.46 Å². The van der Waals surface area contributed by atoms with Gasteiger partial charge in [-0.3, -0.25) is 9.40 Å². The number of sulfonamides is 1. The lowest BCUT2D eigenvalue weighted by atomic mass is 10.1. The molecule has 0 atom stereocenters. The lowest BCUT2D eigenvalue weighted by Gasteiger charge is -2.11. The summed E-state index contributed by atoms with van der Waals surface area (Å²) in [6.07, 6.45) is 0. The van der Waals surface area contributed by atoms with E-state index < -0.39 is 10.0 Å². The molecule has 0 spiro atoms. The Hall–Kier alpha value is -2.80. The lowest BCUT2D eigenvalue weighted by Crippen LogP contribution is -2.14. The van der Waals surface area contributed by atoms with Crippen molar-refractivity contribution in [2.45, 2.75) is 39.1 Å². The summed E-state index contributed by atoms with van der Waals surface area (Å²) in [5.74, 6) is 0.639. The van der Waals surface area contributed by atoms with Crippen LogP contribution >= 0.6 is 0 Å². The maximum Gasteiger partial charge on any atom is 0.262 e. The van der Waals surface area contributed by atoms with E-state index in [1.807, 2.05) is 30.7 Å². The van der Waals surface area contributed by atoms with Gasteiger partial charge in [0.2, 0.25) is 0 Å². The van der Waals surface area contributed by atoms with Crippen LogP contribution in [0.3, 0.4) is 0 Å². The molecule has 7 heteroatoms. The Kier molecular flexibility index (Phi) is 5.74. The topological polar surface area (TPSA) is 73.2 Å². The summed E-state index contributed by atoms with van der Waals surface area (Å²) in [5, 5.41) is 4.53. The molecule has 1 N–H and O–H groups in total. The predicted octanol–water partition coefficient (Wildman–Crippen LogP) is 4.06. The third kappa shape index (κ3) is 4.20. The molecule has 28 heavy (non-hydrogen) atoms. The van der Waals surface area contributed by atoms with Gasteiger partial charge in [-0.2, -0.15) is 5.10 Å². The molecule has 0 saturated heterocycles. The summed E-state index contributed by atoms with van der Waals surface area (Å²) in [6, 6.07) is 14.5. The van der Waals surface area contributed by atoms with Gasteiger partial charge in [-0.25, -0.2) is 8.42 Å². The summed E-state index contributed by atoms with van der Waals surface area (Å²) in [7, 11) is -3.72. The van der Waals surface area contributed by atoms with E-state index in [-0.39, 0.29) is 4.90 Å². The predicted molar refractivity (Wildman–Crippen MR) is 110 cm³/mol. The molecule has 1 aromatic heterocycles. The first-order chi connectivity index (χ1) is 13.3. The maximum atomic E-state index is 12.8. The minimum absolute atomic E-state index is 0.182. The van der Waals surface area contributed by atoms with E-state index in [0.717, 1.165) is 11.3 Å². The van der Waals surface area contributed by atoms with Gasteiger partial charge in [0.05, 0.1) is 35.1 Å². The van der Waals surface area contributed by atoms with Crippen molar-refractivity contribution in [3.8, 4) is 5.75 Å². The number of nitrogens with one attached hydrogen (secondary N) is 1. The summed E-state index contributed by atoms with van der Waals surface area (Å²) in [5.41, 5.74) is 4.25. The normalized spacial score (nSPS) is 11.4. The highest BCUT2D eigenvalue weighted by molar-refractivity contribution is 7.92. The fraction of sp³-hybridized carbons (Fsp3) is 0.286. The number of benzene rings is 2. The van der Waals surface area contributed by atoms with Crippen LogP contribution in [-0.2, 0) is 16.6 Å². The molecule has 1 heterocycles. The molecular formula is C21H25N3O3S. The highest BCUT2D eigenvalue weighted by atomic mass is 32.2. The van der Waals surface area contributed by atoms with Crippen LogP contribution in [0.4, 0.5) is 5.69 Å². The molecule has 0 saturated carbocycles. The lowest BCUT2D eigenvalue weighted by molar-refractivity contribution is 0.340. The van der Waals surface area contributed by atoms with Crippen LogP contribution in [-0.4, -0.2) is 24.8 Å². The van der Waals surface area contributed by atoms with Crippen molar-refractivity contribution in [2.75, 3.05) is 11.3 Å². The van der Waals surface area contributed by atoms with E-state index in [1.54, 1.807) is 19.1 Å². The summed E-state index contributed by atoms with van der Waals surface area (Å²) in [6.45, 7) is 8.72. The molecule has 6 nitrogen and oxygen atoms in total. The molecule has 0 unspecified atom stereocenters. The van der Waals surface area contributed by atoms with Crippen molar-refractivity contribution in [2.24, 2.45) is 0 Å². The van der Waals surface area contributed by atoms with E-state index >= 15 is 0 Å². The average molecular weight is 400 g/mol. The van der Waals surface area contributed by atoms with Crippen LogP contribution in [0.1, 0.15) is 29.4 Å². The highest BCUT2D eigenvalue weighted by Gasteiger charge is 2.20. The number of aromatic nitrogens is 2. The Labute approximate surface area is 166 Å². The van der Waals surface area contributed by atoms with Gasteiger partial charge in [0.25, 0.3) is 10.0 Å². The second-order valence-corrected chi connectivity index (χ2v) is 8.32. The van der Waals surface area contributed by atoms with Gasteiger partial charge in [0, 0.05) is 0 Å². The largest absolute Gasteiger partial charge is 0.494 e.